The molecule has 0 saturated carbocycles. The largest absolute Gasteiger partial charge is 0.343 e. The van der Waals surface area contributed by atoms with E-state index in [1.54, 1.807) is 11.8 Å². The first-order valence-electron chi connectivity index (χ1n) is 9.61. The van der Waals surface area contributed by atoms with Crippen LogP contribution in [-0.2, 0) is 15.0 Å². The summed E-state index contributed by atoms with van der Waals surface area (Å²) in [6.07, 6.45) is 2.63. The summed E-state index contributed by atoms with van der Waals surface area (Å²) in [5.41, 5.74) is 2.56. The molecule has 0 unspecified atom stereocenters. The lowest BCUT2D eigenvalue weighted by molar-refractivity contribution is -0.133. The summed E-state index contributed by atoms with van der Waals surface area (Å²) in [6.45, 7) is 10.8. The van der Waals surface area contributed by atoms with E-state index < -0.39 is 0 Å². The van der Waals surface area contributed by atoms with Crippen LogP contribution in [-0.4, -0.2) is 46.5 Å². The lowest BCUT2D eigenvalue weighted by Crippen LogP contribution is -2.35. The molecule has 0 aromatic heterocycles. The van der Waals surface area contributed by atoms with Crippen LogP contribution in [0.15, 0.2) is 24.3 Å². The van der Waals surface area contributed by atoms with E-state index in [1.165, 1.54) is 5.56 Å². The summed E-state index contributed by atoms with van der Waals surface area (Å²) in [5.74, 6) is 0.329. The van der Waals surface area contributed by atoms with E-state index in [0.29, 0.717) is 13.0 Å². The van der Waals surface area contributed by atoms with Gasteiger partial charge in [-0.05, 0) is 36.3 Å². The van der Waals surface area contributed by atoms with Crippen molar-refractivity contribution < 1.29 is 9.59 Å². The van der Waals surface area contributed by atoms with Crippen LogP contribution in [0.5, 0.6) is 0 Å². The van der Waals surface area contributed by atoms with Crippen LogP contribution in [0, 0.1) is 0 Å². The van der Waals surface area contributed by atoms with Gasteiger partial charge in [0.05, 0.1) is 5.25 Å². The summed E-state index contributed by atoms with van der Waals surface area (Å²) in [5, 5.41) is -0.0397. The Morgan fingerprint density at radius 1 is 1.15 bits per heavy atom. The van der Waals surface area contributed by atoms with Crippen LogP contribution in [0.1, 0.15) is 63.5 Å². The molecule has 142 valence electrons. The molecular weight excluding hydrogens is 344 g/mol. The SMILES string of the molecule is C[C@@H]1S[C@H](c2ccc(C(C)(C)C)cc2)N(CCC(=O)N2CCCC2)C1=O. The van der Waals surface area contributed by atoms with E-state index in [2.05, 4.69) is 45.0 Å². The topological polar surface area (TPSA) is 40.6 Å². The van der Waals surface area contributed by atoms with Crippen molar-refractivity contribution in [1.29, 1.82) is 0 Å². The molecule has 0 radical (unpaired) electrons. The zero-order valence-corrected chi connectivity index (χ0v) is 17.1. The summed E-state index contributed by atoms with van der Waals surface area (Å²) >= 11 is 1.68. The molecule has 1 aromatic carbocycles. The highest BCUT2D eigenvalue weighted by Gasteiger charge is 2.38. The number of carbonyl (C=O) groups excluding carboxylic acids is 2. The standard InChI is InChI=1S/C21H30N2O2S/c1-15-19(25)23(14-11-18(24)22-12-5-6-13-22)20(26-15)16-7-9-17(10-8-16)21(2,3)4/h7-10,15,20H,5-6,11-14H2,1-4H3/t15-,20+/m0/s1. The smallest absolute Gasteiger partial charge is 0.236 e. The maximum Gasteiger partial charge on any atom is 0.236 e. The molecule has 2 saturated heterocycles. The fraction of sp³-hybridized carbons (Fsp3) is 0.619. The summed E-state index contributed by atoms with van der Waals surface area (Å²) in [6, 6.07) is 8.60. The number of benzene rings is 1. The van der Waals surface area contributed by atoms with Crippen molar-refractivity contribution in [2.45, 2.75) is 63.0 Å². The molecule has 2 heterocycles. The average Bonchev–Trinajstić information content (AvgIpc) is 3.22. The molecule has 0 spiro atoms. The fourth-order valence-electron chi connectivity index (χ4n) is 3.65. The first-order chi connectivity index (χ1) is 12.3. The minimum atomic E-state index is -0.0517. The van der Waals surface area contributed by atoms with Gasteiger partial charge in [-0.1, -0.05) is 45.0 Å². The van der Waals surface area contributed by atoms with E-state index in [0.717, 1.165) is 31.5 Å². The molecule has 2 aliphatic heterocycles. The van der Waals surface area contributed by atoms with Gasteiger partial charge in [-0.3, -0.25) is 9.59 Å². The van der Waals surface area contributed by atoms with Crippen molar-refractivity contribution in [3.05, 3.63) is 35.4 Å². The van der Waals surface area contributed by atoms with Gasteiger partial charge in [0.1, 0.15) is 5.37 Å². The molecule has 3 rings (SSSR count). The van der Waals surface area contributed by atoms with Gasteiger partial charge in [0, 0.05) is 26.1 Å². The molecule has 2 aliphatic rings. The Bertz CT molecular complexity index is 660. The summed E-state index contributed by atoms with van der Waals surface area (Å²) in [7, 11) is 0. The highest BCUT2D eigenvalue weighted by Crippen LogP contribution is 2.43. The number of amides is 2. The van der Waals surface area contributed by atoms with E-state index in [4.69, 9.17) is 0 Å². The molecule has 1 aromatic rings. The Morgan fingerprint density at radius 2 is 1.77 bits per heavy atom. The Balaban J connectivity index is 1.70. The van der Waals surface area contributed by atoms with Gasteiger partial charge in [0.15, 0.2) is 0 Å². The first-order valence-corrected chi connectivity index (χ1v) is 10.6. The molecule has 2 fully saturated rings. The van der Waals surface area contributed by atoms with Crippen molar-refractivity contribution in [3.8, 4) is 0 Å². The van der Waals surface area contributed by atoms with E-state index in [9.17, 15) is 9.59 Å². The number of carbonyl (C=O) groups is 2. The normalized spacial score (nSPS) is 23.8. The molecule has 4 nitrogen and oxygen atoms in total. The number of rotatable bonds is 4. The van der Waals surface area contributed by atoms with Gasteiger partial charge >= 0.3 is 0 Å². The van der Waals surface area contributed by atoms with Gasteiger partial charge in [-0.2, -0.15) is 0 Å². The fourth-order valence-corrected chi connectivity index (χ4v) is 4.96. The number of nitrogens with zero attached hydrogens (tertiary/aromatic N) is 2. The monoisotopic (exact) mass is 374 g/mol. The third-order valence-corrected chi connectivity index (χ3v) is 6.73. The van der Waals surface area contributed by atoms with Crippen molar-refractivity contribution >= 4 is 23.6 Å². The lowest BCUT2D eigenvalue weighted by atomic mass is 9.86. The number of hydrogen-bond acceptors (Lipinski definition) is 3. The van der Waals surface area contributed by atoms with E-state index in [-0.39, 0.29) is 27.9 Å². The second-order valence-electron chi connectivity index (χ2n) is 8.37. The molecular formula is C21H30N2O2S. The highest BCUT2D eigenvalue weighted by molar-refractivity contribution is 8.01. The average molecular weight is 375 g/mol. The van der Waals surface area contributed by atoms with Crippen LogP contribution in [0.3, 0.4) is 0 Å². The van der Waals surface area contributed by atoms with Crippen LogP contribution >= 0.6 is 11.8 Å². The van der Waals surface area contributed by atoms with Crippen molar-refractivity contribution in [2.75, 3.05) is 19.6 Å². The zero-order chi connectivity index (χ0) is 18.9. The van der Waals surface area contributed by atoms with Crippen LogP contribution in [0.2, 0.25) is 0 Å². The third-order valence-electron chi connectivity index (χ3n) is 5.33. The Morgan fingerprint density at radius 3 is 2.35 bits per heavy atom. The Kier molecular flexibility index (Phi) is 5.66. The number of likely N-dealkylation sites (tertiary alicyclic amines) is 1. The van der Waals surface area contributed by atoms with E-state index in [1.807, 2.05) is 16.7 Å². The predicted molar refractivity (Wildman–Crippen MR) is 107 cm³/mol. The Labute approximate surface area is 161 Å². The predicted octanol–water partition coefficient (Wildman–Crippen LogP) is 3.96. The Hall–Kier alpha value is -1.49. The van der Waals surface area contributed by atoms with Gasteiger partial charge < -0.3 is 9.80 Å². The van der Waals surface area contributed by atoms with Crippen molar-refractivity contribution in [2.24, 2.45) is 0 Å². The maximum atomic E-state index is 12.6. The minimum absolute atomic E-state index is 0.0119. The van der Waals surface area contributed by atoms with Crippen LogP contribution in [0.4, 0.5) is 0 Å². The molecule has 0 bridgehead atoms. The molecule has 0 aliphatic carbocycles. The quantitative estimate of drug-likeness (QED) is 0.801. The number of hydrogen-bond donors (Lipinski definition) is 0. The van der Waals surface area contributed by atoms with Crippen molar-refractivity contribution in [3.63, 3.8) is 0 Å². The molecule has 2 atom stereocenters. The van der Waals surface area contributed by atoms with Crippen molar-refractivity contribution in [1.82, 2.24) is 9.80 Å². The van der Waals surface area contributed by atoms with Crippen LogP contribution < -0.4 is 0 Å². The maximum absolute atomic E-state index is 12.6. The van der Waals surface area contributed by atoms with Gasteiger partial charge in [0.25, 0.3) is 0 Å². The molecule has 2 amide bonds. The first kappa shape index (κ1) is 19.3. The van der Waals surface area contributed by atoms with E-state index >= 15 is 0 Å². The van der Waals surface area contributed by atoms with Gasteiger partial charge in [0.2, 0.25) is 11.8 Å². The third kappa shape index (κ3) is 4.08. The summed E-state index contributed by atoms with van der Waals surface area (Å²) < 4.78 is 0. The minimum Gasteiger partial charge on any atom is -0.343 e. The van der Waals surface area contributed by atoms with Crippen LogP contribution in [0.25, 0.3) is 0 Å². The number of thioether (sulfide) groups is 1. The highest BCUT2D eigenvalue weighted by atomic mass is 32.2. The molecule has 26 heavy (non-hydrogen) atoms. The summed E-state index contributed by atoms with van der Waals surface area (Å²) in [4.78, 5) is 28.8. The zero-order valence-electron chi connectivity index (χ0n) is 16.3. The van der Waals surface area contributed by atoms with Gasteiger partial charge in [-0.15, -0.1) is 11.8 Å². The second kappa shape index (κ2) is 7.63. The second-order valence-corrected chi connectivity index (χ2v) is 9.80. The van der Waals surface area contributed by atoms with Gasteiger partial charge in [-0.25, -0.2) is 0 Å². The molecule has 5 heteroatoms. The lowest BCUT2D eigenvalue weighted by Gasteiger charge is -2.26. The molecule has 0 N–H and O–H groups in total.